The van der Waals surface area contributed by atoms with Crippen LogP contribution < -0.4 is 0 Å². The Balaban J connectivity index is 1.38. The molecule has 0 aliphatic carbocycles. The molecule has 0 saturated carbocycles. The first-order valence-corrected chi connectivity index (χ1v) is 8.94. The van der Waals surface area contributed by atoms with E-state index in [0.29, 0.717) is 13.1 Å². The van der Waals surface area contributed by atoms with Crippen LogP contribution in [0.5, 0.6) is 0 Å². The lowest BCUT2D eigenvalue weighted by atomic mass is 10.1. The van der Waals surface area contributed by atoms with Crippen LogP contribution in [0.4, 0.5) is 4.39 Å². The largest absolute Gasteiger partial charge is 0.336 e. The third kappa shape index (κ3) is 3.60. The van der Waals surface area contributed by atoms with Gasteiger partial charge >= 0.3 is 0 Å². The van der Waals surface area contributed by atoms with E-state index in [9.17, 15) is 9.18 Å². The van der Waals surface area contributed by atoms with Gasteiger partial charge in [0.1, 0.15) is 5.82 Å². The molecule has 3 aromatic carbocycles. The minimum Gasteiger partial charge on any atom is -0.336 e. The molecule has 3 nitrogen and oxygen atoms in total. The number of benzene rings is 3. The third-order valence-electron chi connectivity index (χ3n) is 4.98. The van der Waals surface area contributed by atoms with Crippen molar-refractivity contribution in [1.29, 1.82) is 0 Å². The van der Waals surface area contributed by atoms with Gasteiger partial charge in [0, 0.05) is 38.3 Å². The summed E-state index contributed by atoms with van der Waals surface area (Å²) in [7, 11) is 0. The van der Waals surface area contributed by atoms with Crippen molar-refractivity contribution in [2.45, 2.75) is 6.54 Å². The standard InChI is InChI=1S/C22H21FN2O/c23-21-9-5-17(6-10-21)16-24-11-13-25(14-12-24)22(26)20-8-7-18-3-1-2-4-19(18)15-20/h1-10,15H,11-14,16H2. The molecule has 1 amide bonds. The van der Waals surface area contributed by atoms with Gasteiger partial charge in [0.25, 0.3) is 5.91 Å². The van der Waals surface area contributed by atoms with Crippen molar-refractivity contribution in [3.05, 3.63) is 83.7 Å². The number of fused-ring (bicyclic) bond motifs is 1. The molecule has 0 radical (unpaired) electrons. The van der Waals surface area contributed by atoms with Crippen molar-refractivity contribution in [2.75, 3.05) is 26.2 Å². The number of carbonyl (C=O) groups excluding carboxylic acids is 1. The highest BCUT2D eigenvalue weighted by atomic mass is 19.1. The van der Waals surface area contributed by atoms with Crippen molar-refractivity contribution < 1.29 is 9.18 Å². The van der Waals surface area contributed by atoms with Gasteiger partial charge in [-0.15, -0.1) is 0 Å². The maximum Gasteiger partial charge on any atom is 0.253 e. The van der Waals surface area contributed by atoms with Crippen LogP contribution in [-0.2, 0) is 6.54 Å². The molecule has 0 bridgehead atoms. The fourth-order valence-electron chi connectivity index (χ4n) is 3.46. The Morgan fingerprint density at radius 3 is 2.27 bits per heavy atom. The number of carbonyl (C=O) groups is 1. The highest BCUT2D eigenvalue weighted by molar-refractivity contribution is 5.98. The maximum absolute atomic E-state index is 13.0. The van der Waals surface area contributed by atoms with Gasteiger partial charge in [0.15, 0.2) is 0 Å². The molecule has 26 heavy (non-hydrogen) atoms. The van der Waals surface area contributed by atoms with Crippen LogP contribution in [0.1, 0.15) is 15.9 Å². The summed E-state index contributed by atoms with van der Waals surface area (Å²) in [5.41, 5.74) is 1.84. The van der Waals surface area contributed by atoms with E-state index >= 15 is 0 Å². The number of halogens is 1. The quantitative estimate of drug-likeness (QED) is 0.716. The number of piperazine rings is 1. The third-order valence-corrected chi connectivity index (χ3v) is 4.98. The number of hydrogen-bond donors (Lipinski definition) is 0. The zero-order valence-corrected chi connectivity index (χ0v) is 14.6. The molecule has 1 aliphatic rings. The van der Waals surface area contributed by atoms with Crippen molar-refractivity contribution in [3.63, 3.8) is 0 Å². The lowest BCUT2D eigenvalue weighted by Gasteiger charge is -2.34. The maximum atomic E-state index is 13.0. The summed E-state index contributed by atoms with van der Waals surface area (Å²) in [6.45, 7) is 3.88. The van der Waals surface area contributed by atoms with Crippen LogP contribution >= 0.6 is 0 Å². The first kappa shape index (κ1) is 16.7. The minimum atomic E-state index is -0.209. The number of rotatable bonds is 3. The van der Waals surface area contributed by atoms with Crippen molar-refractivity contribution in [2.24, 2.45) is 0 Å². The molecule has 1 aliphatic heterocycles. The molecule has 1 heterocycles. The predicted molar refractivity (Wildman–Crippen MR) is 102 cm³/mol. The zero-order chi connectivity index (χ0) is 17.9. The van der Waals surface area contributed by atoms with E-state index in [4.69, 9.17) is 0 Å². The van der Waals surface area contributed by atoms with Crippen molar-refractivity contribution in [1.82, 2.24) is 9.80 Å². The van der Waals surface area contributed by atoms with E-state index < -0.39 is 0 Å². The van der Waals surface area contributed by atoms with E-state index in [1.54, 1.807) is 0 Å². The van der Waals surface area contributed by atoms with Gasteiger partial charge in [0.2, 0.25) is 0 Å². The summed E-state index contributed by atoms with van der Waals surface area (Å²) >= 11 is 0. The fourth-order valence-corrected chi connectivity index (χ4v) is 3.46. The Hall–Kier alpha value is -2.72. The molecule has 0 spiro atoms. The lowest BCUT2D eigenvalue weighted by molar-refractivity contribution is 0.0628. The number of amides is 1. The number of hydrogen-bond acceptors (Lipinski definition) is 2. The molecule has 3 aromatic rings. The van der Waals surface area contributed by atoms with Crippen LogP contribution in [0.2, 0.25) is 0 Å². The van der Waals surface area contributed by atoms with Gasteiger partial charge in [-0.3, -0.25) is 9.69 Å². The van der Waals surface area contributed by atoms with Gasteiger partial charge in [-0.05, 0) is 40.6 Å². The van der Waals surface area contributed by atoms with E-state index in [1.807, 2.05) is 53.4 Å². The van der Waals surface area contributed by atoms with E-state index in [2.05, 4.69) is 11.0 Å². The van der Waals surface area contributed by atoms with Crippen LogP contribution in [-0.4, -0.2) is 41.9 Å². The van der Waals surface area contributed by atoms with Crippen molar-refractivity contribution >= 4 is 16.7 Å². The predicted octanol–water partition coefficient (Wildman–Crippen LogP) is 3.94. The molecule has 132 valence electrons. The Labute approximate surface area is 152 Å². The molecule has 1 saturated heterocycles. The SMILES string of the molecule is O=C(c1ccc2ccccc2c1)N1CCN(Cc2ccc(F)cc2)CC1. The molecular weight excluding hydrogens is 327 g/mol. The summed E-state index contributed by atoms with van der Waals surface area (Å²) in [4.78, 5) is 17.0. The second-order valence-corrected chi connectivity index (χ2v) is 6.76. The molecule has 0 atom stereocenters. The molecule has 4 rings (SSSR count). The van der Waals surface area contributed by atoms with E-state index in [-0.39, 0.29) is 11.7 Å². The van der Waals surface area contributed by atoms with Gasteiger partial charge in [-0.1, -0.05) is 42.5 Å². The monoisotopic (exact) mass is 348 g/mol. The average molecular weight is 348 g/mol. The summed E-state index contributed by atoms with van der Waals surface area (Å²) in [5.74, 6) is -0.114. The molecular formula is C22H21FN2O. The topological polar surface area (TPSA) is 23.6 Å². The van der Waals surface area contributed by atoms with Gasteiger partial charge in [-0.2, -0.15) is 0 Å². The van der Waals surface area contributed by atoms with Crippen molar-refractivity contribution in [3.8, 4) is 0 Å². The first-order chi connectivity index (χ1) is 12.7. The van der Waals surface area contributed by atoms with Crippen LogP contribution in [0.15, 0.2) is 66.7 Å². The Morgan fingerprint density at radius 2 is 1.54 bits per heavy atom. The molecule has 0 aromatic heterocycles. The highest BCUT2D eigenvalue weighted by Gasteiger charge is 2.22. The smallest absolute Gasteiger partial charge is 0.253 e. The fraction of sp³-hybridized carbons (Fsp3) is 0.227. The Morgan fingerprint density at radius 1 is 0.846 bits per heavy atom. The zero-order valence-electron chi connectivity index (χ0n) is 14.6. The Bertz CT molecular complexity index is 915. The van der Waals surface area contributed by atoms with Crippen LogP contribution in [0.25, 0.3) is 10.8 Å². The molecule has 0 unspecified atom stereocenters. The van der Waals surface area contributed by atoms with E-state index in [0.717, 1.165) is 41.5 Å². The summed E-state index contributed by atoms with van der Waals surface area (Å²) < 4.78 is 13.0. The van der Waals surface area contributed by atoms with Crippen LogP contribution in [0.3, 0.4) is 0 Å². The van der Waals surface area contributed by atoms with Gasteiger partial charge in [-0.25, -0.2) is 4.39 Å². The summed E-state index contributed by atoms with van der Waals surface area (Å²) in [6.07, 6.45) is 0. The number of nitrogens with zero attached hydrogens (tertiary/aromatic N) is 2. The highest BCUT2D eigenvalue weighted by Crippen LogP contribution is 2.18. The molecule has 4 heteroatoms. The second kappa shape index (κ2) is 7.26. The average Bonchev–Trinajstić information content (AvgIpc) is 2.69. The second-order valence-electron chi connectivity index (χ2n) is 6.76. The lowest BCUT2D eigenvalue weighted by Crippen LogP contribution is -2.48. The van der Waals surface area contributed by atoms with Crippen LogP contribution in [0, 0.1) is 5.82 Å². The minimum absolute atomic E-state index is 0.0946. The van der Waals surface area contributed by atoms with Gasteiger partial charge < -0.3 is 4.90 Å². The normalized spacial score (nSPS) is 15.3. The first-order valence-electron chi connectivity index (χ1n) is 8.94. The molecule has 1 fully saturated rings. The molecule has 0 N–H and O–H groups in total. The van der Waals surface area contributed by atoms with Gasteiger partial charge in [0.05, 0.1) is 0 Å². The summed E-state index contributed by atoms with van der Waals surface area (Å²) in [6, 6.07) is 20.6. The summed E-state index contributed by atoms with van der Waals surface area (Å²) in [5, 5.41) is 2.24. The van der Waals surface area contributed by atoms with E-state index in [1.165, 1.54) is 12.1 Å². The Kier molecular flexibility index (Phi) is 4.67.